The summed E-state index contributed by atoms with van der Waals surface area (Å²) < 4.78 is 5.75. The van der Waals surface area contributed by atoms with Crippen molar-refractivity contribution in [3.8, 4) is 0 Å². The van der Waals surface area contributed by atoms with Gasteiger partial charge in [0.1, 0.15) is 5.54 Å². The Morgan fingerprint density at radius 2 is 2.33 bits per heavy atom. The molecule has 5 nitrogen and oxygen atoms in total. The van der Waals surface area contributed by atoms with Crippen LogP contribution < -0.4 is 5.73 Å². The fourth-order valence-electron chi connectivity index (χ4n) is 3.93. The van der Waals surface area contributed by atoms with E-state index in [9.17, 15) is 4.79 Å². The lowest BCUT2D eigenvalue weighted by Gasteiger charge is -2.61. The van der Waals surface area contributed by atoms with E-state index in [2.05, 4.69) is 4.98 Å². The highest BCUT2D eigenvalue weighted by molar-refractivity contribution is 7.09. The van der Waals surface area contributed by atoms with E-state index >= 15 is 0 Å². The summed E-state index contributed by atoms with van der Waals surface area (Å²) in [6, 6.07) is 0. The van der Waals surface area contributed by atoms with Crippen molar-refractivity contribution in [1.29, 1.82) is 0 Å². The Bertz CT molecular complexity index is 571. The summed E-state index contributed by atoms with van der Waals surface area (Å²) in [7, 11) is 1.81. The van der Waals surface area contributed by atoms with Crippen molar-refractivity contribution >= 4 is 17.2 Å². The third-order valence-corrected chi connectivity index (χ3v) is 6.04. The minimum absolute atomic E-state index is 0.00454. The van der Waals surface area contributed by atoms with E-state index in [4.69, 9.17) is 10.5 Å². The average Bonchev–Trinajstić information content (AvgIpc) is 3.05. The van der Waals surface area contributed by atoms with Gasteiger partial charge in [-0.25, -0.2) is 4.98 Å². The molecule has 1 saturated carbocycles. The van der Waals surface area contributed by atoms with Gasteiger partial charge in [0.05, 0.1) is 23.4 Å². The van der Waals surface area contributed by atoms with Gasteiger partial charge in [-0.15, -0.1) is 11.3 Å². The van der Waals surface area contributed by atoms with Crippen LogP contribution in [-0.4, -0.2) is 41.1 Å². The van der Waals surface area contributed by atoms with Gasteiger partial charge in [-0.3, -0.25) is 4.79 Å². The molecular formula is C15H23N3O2S. The molecule has 1 aromatic rings. The Labute approximate surface area is 129 Å². The first-order valence-corrected chi connectivity index (χ1v) is 8.23. The number of nitrogens with two attached hydrogens (primary N) is 1. The van der Waals surface area contributed by atoms with Crippen molar-refractivity contribution in [2.45, 2.75) is 45.4 Å². The molecule has 1 aromatic heterocycles. The fourth-order valence-corrected chi connectivity index (χ4v) is 4.53. The molecule has 1 saturated heterocycles. The molecule has 2 fully saturated rings. The lowest BCUT2D eigenvalue weighted by molar-refractivity contribution is -0.183. The summed E-state index contributed by atoms with van der Waals surface area (Å²) in [5, 5.41) is 3.01. The predicted octanol–water partition coefficient (Wildman–Crippen LogP) is 1.55. The number of fused-ring (bicyclic) bond motifs is 1. The number of ether oxygens (including phenoxy) is 1. The summed E-state index contributed by atoms with van der Waals surface area (Å²) in [6.45, 7) is 7.27. The van der Waals surface area contributed by atoms with Gasteiger partial charge in [-0.2, -0.15) is 0 Å². The van der Waals surface area contributed by atoms with Crippen LogP contribution in [0.1, 0.15) is 31.0 Å². The first kappa shape index (κ1) is 14.9. The van der Waals surface area contributed by atoms with Gasteiger partial charge in [0.25, 0.3) is 0 Å². The first-order chi connectivity index (χ1) is 9.78. The van der Waals surface area contributed by atoms with Gasteiger partial charge in [0.15, 0.2) is 0 Å². The Hall–Kier alpha value is -0.980. The van der Waals surface area contributed by atoms with Crippen molar-refractivity contribution in [1.82, 2.24) is 9.88 Å². The lowest BCUT2D eigenvalue weighted by atomic mass is 9.47. The molecule has 1 aliphatic heterocycles. The maximum atomic E-state index is 12.9. The number of amides is 1. The summed E-state index contributed by atoms with van der Waals surface area (Å²) in [4.78, 5) is 19.1. The average molecular weight is 309 g/mol. The van der Waals surface area contributed by atoms with E-state index in [0.717, 1.165) is 17.1 Å². The number of aromatic nitrogens is 1. The van der Waals surface area contributed by atoms with Crippen molar-refractivity contribution in [3.63, 3.8) is 0 Å². The number of thiazole rings is 1. The van der Waals surface area contributed by atoms with Crippen LogP contribution in [0.5, 0.6) is 0 Å². The van der Waals surface area contributed by atoms with Gasteiger partial charge >= 0.3 is 0 Å². The second kappa shape index (κ2) is 4.76. The Kier molecular flexibility index (Phi) is 3.39. The van der Waals surface area contributed by atoms with Crippen LogP contribution in [0.4, 0.5) is 0 Å². The molecule has 6 heteroatoms. The zero-order valence-electron chi connectivity index (χ0n) is 13.0. The molecule has 0 spiro atoms. The second-order valence-corrected chi connectivity index (χ2v) is 7.86. The van der Waals surface area contributed by atoms with E-state index in [-0.39, 0.29) is 23.3 Å². The topological polar surface area (TPSA) is 68.5 Å². The van der Waals surface area contributed by atoms with Crippen LogP contribution in [0.2, 0.25) is 0 Å². The molecule has 1 aliphatic carbocycles. The highest BCUT2D eigenvalue weighted by Crippen LogP contribution is 2.58. The van der Waals surface area contributed by atoms with Gasteiger partial charge in [0.2, 0.25) is 5.91 Å². The zero-order chi connectivity index (χ0) is 15.4. The number of aryl methyl sites for hydroxylation is 1. The van der Waals surface area contributed by atoms with Crippen LogP contribution in [0.15, 0.2) is 5.38 Å². The third kappa shape index (κ3) is 1.96. The number of hydrogen-bond acceptors (Lipinski definition) is 5. The Morgan fingerprint density at radius 3 is 2.95 bits per heavy atom. The van der Waals surface area contributed by atoms with Crippen molar-refractivity contribution in [3.05, 3.63) is 16.1 Å². The van der Waals surface area contributed by atoms with Crippen LogP contribution in [0, 0.1) is 18.3 Å². The highest BCUT2D eigenvalue weighted by atomic mass is 32.1. The molecule has 21 heavy (non-hydrogen) atoms. The van der Waals surface area contributed by atoms with Crippen molar-refractivity contribution in [2.24, 2.45) is 17.1 Å². The largest absolute Gasteiger partial charge is 0.377 e. The number of likely N-dealkylation sites (N-methyl/N-ethyl adjacent to an activating group) is 1. The number of carbonyl (C=O) groups is 1. The zero-order valence-corrected chi connectivity index (χ0v) is 13.9. The quantitative estimate of drug-likeness (QED) is 0.920. The van der Waals surface area contributed by atoms with Crippen LogP contribution in [-0.2, 0) is 16.1 Å². The maximum Gasteiger partial charge on any atom is 0.243 e. The highest BCUT2D eigenvalue weighted by Gasteiger charge is 2.71. The SMILES string of the molecule is Cc1nc(CN(C)C(=O)C2(N)C3CCOC3C2(C)C)cs1. The molecule has 2 aliphatic rings. The monoisotopic (exact) mass is 309 g/mol. The lowest BCUT2D eigenvalue weighted by Crippen LogP contribution is -2.80. The summed E-state index contributed by atoms with van der Waals surface area (Å²) in [5.41, 5.74) is 6.36. The van der Waals surface area contributed by atoms with Gasteiger partial charge in [-0.05, 0) is 13.3 Å². The maximum absolute atomic E-state index is 12.9. The van der Waals surface area contributed by atoms with Crippen molar-refractivity contribution < 1.29 is 9.53 Å². The molecule has 3 unspecified atom stereocenters. The summed E-state index contributed by atoms with van der Waals surface area (Å²) >= 11 is 1.60. The van der Waals surface area contributed by atoms with Crippen molar-refractivity contribution in [2.75, 3.05) is 13.7 Å². The first-order valence-electron chi connectivity index (χ1n) is 7.35. The minimum atomic E-state index is -0.825. The standard InChI is InChI=1S/C15H23N3O2S/c1-9-17-10(8-21-9)7-18(4)13(19)15(16)11-5-6-20-12(11)14(15,2)3/h8,11-12H,5-7,16H2,1-4H3. The molecule has 1 amide bonds. The van der Waals surface area contributed by atoms with E-state index in [0.29, 0.717) is 13.2 Å². The molecule has 2 heterocycles. The van der Waals surface area contributed by atoms with Gasteiger partial charge in [-0.1, -0.05) is 13.8 Å². The smallest absolute Gasteiger partial charge is 0.243 e. The number of rotatable bonds is 3. The van der Waals surface area contributed by atoms with Crippen LogP contribution in [0.3, 0.4) is 0 Å². The fraction of sp³-hybridized carbons (Fsp3) is 0.733. The van der Waals surface area contributed by atoms with E-state index in [1.165, 1.54) is 0 Å². The number of nitrogens with zero attached hydrogens (tertiary/aromatic N) is 2. The molecular weight excluding hydrogens is 286 g/mol. The van der Waals surface area contributed by atoms with Gasteiger partial charge in [0, 0.05) is 30.4 Å². The molecule has 0 aromatic carbocycles. The molecule has 0 radical (unpaired) electrons. The van der Waals surface area contributed by atoms with Crippen LogP contribution in [0.25, 0.3) is 0 Å². The molecule has 116 valence electrons. The minimum Gasteiger partial charge on any atom is -0.377 e. The second-order valence-electron chi connectivity index (χ2n) is 6.80. The normalized spacial score (nSPS) is 33.4. The summed E-state index contributed by atoms with van der Waals surface area (Å²) in [5.74, 6) is 0.143. The molecule has 0 bridgehead atoms. The number of hydrogen-bond donors (Lipinski definition) is 1. The Balaban J connectivity index is 1.77. The molecule has 3 rings (SSSR count). The number of carbonyl (C=O) groups excluding carboxylic acids is 1. The van der Waals surface area contributed by atoms with E-state index in [1.807, 2.05) is 33.2 Å². The predicted molar refractivity (Wildman–Crippen MR) is 81.9 cm³/mol. The Morgan fingerprint density at radius 1 is 1.62 bits per heavy atom. The summed E-state index contributed by atoms with van der Waals surface area (Å²) in [6.07, 6.45) is 0.987. The third-order valence-electron chi connectivity index (χ3n) is 5.22. The molecule has 2 N–H and O–H groups in total. The van der Waals surface area contributed by atoms with Gasteiger partial charge < -0.3 is 15.4 Å². The van der Waals surface area contributed by atoms with E-state index in [1.54, 1.807) is 16.2 Å². The van der Waals surface area contributed by atoms with E-state index < -0.39 is 5.54 Å². The van der Waals surface area contributed by atoms with Crippen LogP contribution >= 0.6 is 11.3 Å². The molecule has 3 atom stereocenters.